The van der Waals surface area contributed by atoms with E-state index in [0.29, 0.717) is 16.9 Å². The monoisotopic (exact) mass is 313 g/mol. The minimum Gasteiger partial charge on any atom is -0.487 e. The SMILES string of the molecule is COC(=O)c1ccc2c(c1)COc1cc(C(=O)OC)ccc1N2. The molecule has 0 saturated carbocycles. The van der Waals surface area contributed by atoms with Gasteiger partial charge in [-0.15, -0.1) is 0 Å². The molecule has 0 fully saturated rings. The molecule has 2 aromatic carbocycles. The molecule has 1 heterocycles. The maximum absolute atomic E-state index is 11.6. The van der Waals surface area contributed by atoms with Crippen molar-refractivity contribution in [1.29, 1.82) is 0 Å². The first-order valence-electron chi connectivity index (χ1n) is 6.96. The fourth-order valence-electron chi connectivity index (χ4n) is 2.37. The number of methoxy groups -OCH3 is 2. The highest BCUT2D eigenvalue weighted by atomic mass is 16.5. The Morgan fingerprint density at radius 2 is 1.57 bits per heavy atom. The van der Waals surface area contributed by atoms with E-state index < -0.39 is 11.9 Å². The third kappa shape index (κ3) is 2.83. The minimum absolute atomic E-state index is 0.269. The third-order valence-corrected chi connectivity index (χ3v) is 3.58. The van der Waals surface area contributed by atoms with Gasteiger partial charge in [0.05, 0.1) is 31.0 Å². The molecule has 1 N–H and O–H groups in total. The predicted molar refractivity (Wildman–Crippen MR) is 83.2 cm³/mol. The molecule has 0 radical (unpaired) electrons. The van der Waals surface area contributed by atoms with E-state index in [-0.39, 0.29) is 6.61 Å². The molecule has 0 spiro atoms. The lowest BCUT2D eigenvalue weighted by Crippen LogP contribution is -2.03. The zero-order valence-electron chi connectivity index (χ0n) is 12.7. The summed E-state index contributed by atoms with van der Waals surface area (Å²) in [7, 11) is 2.67. The molecule has 23 heavy (non-hydrogen) atoms. The molecule has 0 unspecified atom stereocenters. The minimum atomic E-state index is -0.425. The number of fused-ring (bicyclic) bond motifs is 2. The summed E-state index contributed by atoms with van der Waals surface area (Å²) < 4.78 is 15.2. The molecule has 3 rings (SSSR count). The van der Waals surface area contributed by atoms with Gasteiger partial charge in [-0.3, -0.25) is 0 Å². The van der Waals surface area contributed by atoms with Gasteiger partial charge in [-0.05, 0) is 36.4 Å². The van der Waals surface area contributed by atoms with E-state index >= 15 is 0 Å². The van der Waals surface area contributed by atoms with Gasteiger partial charge in [0.2, 0.25) is 0 Å². The Labute approximate surface area is 133 Å². The van der Waals surface area contributed by atoms with Crippen molar-refractivity contribution in [2.45, 2.75) is 6.61 Å². The number of esters is 2. The summed E-state index contributed by atoms with van der Waals surface area (Å²) >= 11 is 0. The van der Waals surface area contributed by atoms with Crippen LogP contribution in [0.25, 0.3) is 0 Å². The van der Waals surface area contributed by atoms with Crippen molar-refractivity contribution < 1.29 is 23.8 Å². The summed E-state index contributed by atoms with van der Waals surface area (Å²) in [6.07, 6.45) is 0. The van der Waals surface area contributed by atoms with Crippen molar-refractivity contribution >= 4 is 23.3 Å². The van der Waals surface area contributed by atoms with Crippen molar-refractivity contribution in [2.24, 2.45) is 0 Å². The van der Waals surface area contributed by atoms with Crippen LogP contribution in [0, 0.1) is 0 Å². The standard InChI is InChI=1S/C17H15NO5/c1-21-16(19)10-3-5-13-12(7-10)9-23-15-8-11(17(20)22-2)4-6-14(15)18-13/h3-8,18H,9H2,1-2H3. The smallest absolute Gasteiger partial charge is 0.337 e. The Hall–Kier alpha value is -3.02. The van der Waals surface area contributed by atoms with Crippen LogP contribution >= 0.6 is 0 Å². The summed E-state index contributed by atoms with van der Waals surface area (Å²) in [5.41, 5.74) is 3.26. The number of carbonyl (C=O) groups is 2. The van der Waals surface area contributed by atoms with Crippen LogP contribution in [0.4, 0.5) is 11.4 Å². The molecule has 0 amide bonds. The van der Waals surface area contributed by atoms with E-state index in [9.17, 15) is 9.59 Å². The molecule has 6 heteroatoms. The lowest BCUT2D eigenvalue weighted by atomic mass is 10.1. The van der Waals surface area contributed by atoms with Gasteiger partial charge in [-0.2, -0.15) is 0 Å². The zero-order valence-corrected chi connectivity index (χ0v) is 12.7. The summed E-state index contributed by atoms with van der Waals surface area (Å²) in [5.74, 6) is -0.280. The first-order chi connectivity index (χ1) is 11.1. The first-order valence-corrected chi connectivity index (χ1v) is 6.96. The molecule has 118 valence electrons. The Balaban J connectivity index is 1.94. The molecule has 6 nitrogen and oxygen atoms in total. The number of rotatable bonds is 2. The van der Waals surface area contributed by atoms with Crippen molar-refractivity contribution in [3.63, 3.8) is 0 Å². The fraction of sp³-hybridized carbons (Fsp3) is 0.176. The lowest BCUT2D eigenvalue weighted by molar-refractivity contribution is 0.0591. The molecule has 1 aliphatic heterocycles. The largest absolute Gasteiger partial charge is 0.487 e. The number of hydrogen-bond acceptors (Lipinski definition) is 6. The first kappa shape index (κ1) is 14.9. The maximum atomic E-state index is 11.6. The van der Waals surface area contributed by atoms with Gasteiger partial charge >= 0.3 is 11.9 Å². The van der Waals surface area contributed by atoms with E-state index in [2.05, 4.69) is 5.32 Å². The van der Waals surface area contributed by atoms with Crippen molar-refractivity contribution in [1.82, 2.24) is 0 Å². The number of nitrogens with one attached hydrogen (secondary N) is 1. The van der Waals surface area contributed by atoms with Crippen molar-refractivity contribution in [3.8, 4) is 5.75 Å². The van der Waals surface area contributed by atoms with Crippen LogP contribution < -0.4 is 10.1 Å². The fourth-order valence-corrected chi connectivity index (χ4v) is 2.37. The summed E-state index contributed by atoms with van der Waals surface area (Å²) in [4.78, 5) is 23.2. The number of hydrogen-bond donors (Lipinski definition) is 1. The van der Waals surface area contributed by atoms with Crippen LogP contribution in [0.3, 0.4) is 0 Å². The van der Waals surface area contributed by atoms with E-state index in [1.165, 1.54) is 14.2 Å². The summed E-state index contributed by atoms with van der Waals surface area (Å²) in [5, 5.41) is 3.24. The Morgan fingerprint density at radius 1 is 0.957 bits per heavy atom. The maximum Gasteiger partial charge on any atom is 0.337 e. The number of ether oxygens (including phenoxy) is 3. The van der Waals surface area contributed by atoms with Crippen molar-refractivity contribution in [3.05, 3.63) is 53.1 Å². The lowest BCUT2D eigenvalue weighted by Gasteiger charge is -2.09. The van der Waals surface area contributed by atoms with E-state index in [1.807, 2.05) is 0 Å². The average molecular weight is 313 g/mol. The van der Waals surface area contributed by atoms with Gasteiger partial charge < -0.3 is 19.5 Å². The normalized spacial score (nSPS) is 11.9. The van der Waals surface area contributed by atoms with Gasteiger partial charge in [0, 0.05) is 11.3 Å². The molecule has 0 atom stereocenters. The number of anilines is 2. The molecule has 2 aromatic rings. The third-order valence-electron chi connectivity index (χ3n) is 3.58. The molecule has 0 bridgehead atoms. The Morgan fingerprint density at radius 3 is 2.22 bits per heavy atom. The van der Waals surface area contributed by atoms with Crippen LogP contribution in [0.5, 0.6) is 5.75 Å². The molecule has 0 aliphatic carbocycles. The average Bonchev–Trinajstić information content (AvgIpc) is 2.78. The van der Waals surface area contributed by atoms with Gasteiger partial charge in [0.15, 0.2) is 0 Å². The topological polar surface area (TPSA) is 73.9 Å². The van der Waals surface area contributed by atoms with E-state index in [0.717, 1.165) is 16.9 Å². The highest BCUT2D eigenvalue weighted by Crippen LogP contribution is 2.35. The zero-order chi connectivity index (χ0) is 16.4. The van der Waals surface area contributed by atoms with Gasteiger partial charge in [0.25, 0.3) is 0 Å². The van der Waals surface area contributed by atoms with Crippen LogP contribution in [-0.2, 0) is 16.1 Å². The molecular formula is C17H15NO5. The molecular weight excluding hydrogens is 298 g/mol. The quantitative estimate of drug-likeness (QED) is 0.859. The second-order valence-corrected chi connectivity index (χ2v) is 4.98. The van der Waals surface area contributed by atoms with Crippen LogP contribution in [0.15, 0.2) is 36.4 Å². The van der Waals surface area contributed by atoms with Gasteiger partial charge in [-0.1, -0.05) is 0 Å². The summed E-state index contributed by atoms with van der Waals surface area (Å²) in [6.45, 7) is 0.269. The van der Waals surface area contributed by atoms with Crippen molar-refractivity contribution in [2.75, 3.05) is 19.5 Å². The second kappa shape index (κ2) is 6.00. The van der Waals surface area contributed by atoms with Gasteiger partial charge in [-0.25, -0.2) is 9.59 Å². The van der Waals surface area contributed by atoms with Crippen LogP contribution in [-0.4, -0.2) is 26.2 Å². The number of benzene rings is 2. The number of carbonyl (C=O) groups excluding carboxylic acids is 2. The highest BCUT2D eigenvalue weighted by Gasteiger charge is 2.18. The Bertz CT molecular complexity index is 719. The highest BCUT2D eigenvalue weighted by molar-refractivity contribution is 5.92. The van der Waals surface area contributed by atoms with E-state index in [4.69, 9.17) is 14.2 Å². The van der Waals surface area contributed by atoms with E-state index in [1.54, 1.807) is 36.4 Å². The summed E-state index contributed by atoms with van der Waals surface area (Å²) in [6, 6.07) is 10.3. The predicted octanol–water partition coefficient (Wildman–Crippen LogP) is 2.90. The van der Waals surface area contributed by atoms with Gasteiger partial charge in [0.1, 0.15) is 12.4 Å². The molecule has 0 aromatic heterocycles. The molecule has 0 saturated heterocycles. The second-order valence-electron chi connectivity index (χ2n) is 4.98. The molecule has 1 aliphatic rings. The van der Waals surface area contributed by atoms with Crippen LogP contribution in [0.2, 0.25) is 0 Å². The van der Waals surface area contributed by atoms with Crippen LogP contribution in [0.1, 0.15) is 26.3 Å². The Kier molecular flexibility index (Phi) is 3.89.